The van der Waals surface area contributed by atoms with E-state index in [2.05, 4.69) is 10.6 Å². The van der Waals surface area contributed by atoms with Crippen molar-refractivity contribution in [3.63, 3.8) is 0 Å². The van der Waals surface area contributed by atoms with Crippen LogP contribution < -0.4 is 10.6 Å². The zero-order valence-corrected chi connectivity index (χ0v) is 13.7. The molecule has 0 saturated heterocycles. The number of nitrogens with one attached hydrogen (secondary N) is 2. The lowest BCUT2D eigenvalue weighted by Crippen LogP contribution is -2.28. The Hall–Kier alpha value is -2.66. The van der Waals surface area contributed by atoms with E-state index in [1.807, 2.05) is 30.3 Å². The van der Waals surface area contributed by atoms with Gasteiger partial charge in [-0.1, -0.05) is 42.5 Å². The molecule has 0 unspecified atom stereocenters. The minimum Gasteiger partial charge on any atom is -0.383 e. The van der Waals surface area contributed by atoms with Crippen LogP contribution in [0.5, 0.6) is 0 Å². The lowest BCUT2D eigenvalue weighted by atomic mass is 10.1. The molecule has 2 rings (SSSR count). The van der Waals surface area contributed by atoms with Crippen LogP contribution in [0.15, 0.2) is 54.6 Å². The standard InChI is InChI=1S/C19H22N2O3/c1-24-14-13-20-19(23)16-9-5-6-10-17(16)21-18(22)12-11-15-7-3-2-4-8-15/h2-10H,11-14H2,1H3,(H,20,23)(H,21,22). The summed E-state index contributed by atoms with van der Waals surface area (Å²) in [5.41, 5.74) is 2.07. The first-order valence-corrected chi connectivity index (χ1v) is 7.90. The molecule has 2 amide bonds. The molecule has 0 aliphatic heterocycles. The Morgan fingerprint density at radius 1 is 1.00 bits per heavy atom. The fraction of sp³-hybridized carbons (Fsp3) is 0.263. The lowest BCUT2D eigenvalue weighted by Gasteiger charge is -2.11. The first kappa shape index (κ1) is 17.7. The average molecular weight is 326 g/mol. The van der Waals surface area contributed by atoms with Crippen molar-refractivity contribution in [1.82, 2.24) is 5.32 Å². The van der Waals surface area contributed by atoms with Crippen LogP contribution in [0.2, 0.25) is 0 Å². The van der Waals surface area contributed by atoms with E-state index in [-0.39, 0.29) is 11.8 Å². The van der Waals surface area contributed by atoms with Gasteiger partial charge in [-0.15, -0.1) is 0 Å². The highest BCUT2D eigenvalue weighted by Gasteiger charge is 2.12. The minimum atomic E-state index is -0.231. The summed E-state index contributed by atoms with van der Waals surface area (Å²) in [7, 11) is 1.58. The molecule has 0 aliphatic rings. The molecule has 2 N–H and O–H groups in total. The normalized spacial score (nSPS) is 10.2. The number of amides is 2. The number of anilines is 1. The molecule has 0 atom stereocenters. The minimum absolute atomic E-state index is 0.115. The van der Waals surface area contributed by atoms with E-state index in [0.29, 0.717) is 37.2 Å². The Bertz CT molecular complexity index is 671. The smallest absolute Gasteiger partial charge is 0.253 e. The molecule has 126 valence electrons. The summed E-state index contributed by atoms with van der Waals surface area (Å²) in [6.07, 6.45) is 1.03. The van der Waals surface area contributed by atoms with Crippen LogP contribution in [0.25, 0.3) is 0 Å². The van der Waals surface area contributed by atoms with Crippen LogP contribution >= 0.6 is 0 Å². The second-order valence-corrected chi connectivity index (χ2v) is 5.33. The Labute approximate surface area is 142 Å². The van der Waals surface area contributed by atoms with E-state index >= 15 is 0 Å². The fourth-order valence-electron chi connectivity index (χ4n) is 2.27. The number of ether oxygens (including phenoxy) is 1. The van der Waals surface area contributed by atoms with Crippen molar-refractivity contribution in [2.75, 3.05) is 25.6 Å². The lowest BCUT2D eigenvalue weighted by molar-refractivity contribution is -0.116. The van der Waals surface area contributed by atoms with Crippen molar-refractivity contribution in [1.29, 1.82) is 0 Å². The molecule has 0 heterocycles. The van der Waals surface area contributed by atoms with E-state index in [1.54, 1.807) is 31.4 Å². The largest absolute Gasteiger partial charge is 0.383 e. The van der Waals surface area contributed by atoms with E-state index < -0.39 is 0 Å². The van der Waals surface area contributed by atoms with Crippen molar-refractivity contribution < 1.29 is 14.3 Å². The van der Waals surface area contributed by atoms with Crippen LogP contribution in [-0.4, -0.2) is 32.1 Å². The van der Waals surface area contributed by atoms with Crippen LogP contribution in [0, 0.1) is 0 Å². The van der Waals surface area contributed by atoms with Crippen molar-refractivity contribution in [3.05, 3.63) is 65.7 Å². The van der Waals surface area contributed by atoms with Gasteiger partial charge in [0.05, 0.1) is 17.9 Å². The molecule has 0 bridgehead atoms. The summed E-state index contributed by atoms with van der Waals surface area (Å²) < 4.78 is 4.91. The SMILES string of the molecule is COCCNC(=O)c1ccccc1NC(=O)CCc1ccccc1. The first-order chi connectivity index (χ1) is 11.7. The highest BCUT2D eigenvalue weighted by atomic mass is 16.5. The fourth-order valence-corrected chi connectivity index (χ4v) is 2.27. The molecular weight excluding hydrogens is 304 g/mol. The molecule has 0 radical (unpaired) electrons. The van der Waals surface area contributed by atoms with Gasteiger partial charge in [-0.25, -0.2) is 0 Å². The second kappa shape index (κ2) is 9.47. The van der Waals surface area contributed by atoms with E-state index in [9.17, 15) is 9.59 Å². The monoisotopic (exact) mass is 326 g/mol. The molecule has 0 saturated carbocycles. The van der Waals surface area contributed by atoms with Crippen LogP contribution in [-0.2, 0) is 16.0 Å². The number of carbonyl (C=O) groups excluding carboxylic acids is 2. The number of para-hydroxylation sites is 1. The summed E-state index contributed by atoms with van der Waals surface area (Å²) in [6, 6.07) is 16.8. The first-order valence-electron chi connectivity index (χ1n) is 7.90. The Morgan fingerprint density at radius 2 is 1.71 bits per heavy atom. The van der Waals surface area contributed by atoms with Gasteiger partial charge in [0.1, 0.15) is 0 Å². The average Bonchev–Trinajstić information content (AvgIpc) is 2.61. The zero-order valence-electron chi connectivity index (χ0n) is 13.7. The Balaban J connectivity index is 1.94. The summed E-state index contributed by atoms with van der Waals surface area (Å²) in [6.45, 7) is 0.864. The third-order valence-corrected chi connectivity index (χ3v) is 3.52. The Morgan fingerprint density at radius 3 is 2.46 bits per heavy atom. The predicted molar refractivity (Wildman–Crippen MR) is 94.0 cm³/mol. The maximum atomic E-state index is 12.2. The number of methoxy groups -OCH3 is 1. The molecule has 2 aromatic rings. The van der Waals surface area contributed by atoms with Gasteiger partial charge < -0.3 is 15.4 Å². The molecule has 0 fully saturated rings. The van der Waals surface area contributed by atoms with Gasteiger partial charge in [0.2, 0.25) is 5.91 Å². The second-order valence-electron chi connectivity index (χ2n) is 5.33. The topological polar surface area (TPSA) is 67.4 Å². The summed E-state index contributed by atoms with van der Waals surface area (Å²) in [5, 5.41) is 5.58. The van der Waals surface area contributed by atoms with Gasteiger partial charge in [-0.3, -0.25) is 9.59 Å². The van der Waals surface area contributed by atoms with Crippen molar-refractivity contribution in [3.8, 4) is 0 Å². The van der Waals surface area contributed by atoms with Gasteiger partial charge in [-0.2, -0.15) is 0 Å². The number of aryl methyl sites for hydroxylation is 1. The molecule has 0 aliphatic carbocycles. The van der Waals surface area contributed by atoms with Gasteiger partial charge in [-0.05, 0) is 24.1 Å². The maximum Gasteiger partial charge on any atom is 0.253 e. The Kier molecular flexibility index (Phi) is 6.98. The third kappa shape index (κ3) is 5.52. The predicted octanol–water partition coefficient (Wildman–Crippen LogP) is 2.63. The molecule has 5 nitrogen and oxygen atoms in total. The summed E-state index contributed by atoms with van der Waals surface area (Å²) in [4.78, 5) is 24.3. The van der Waals surface area contributed by atoms with Crippen LogP contribution in [0.3, 0.4) is 0 Å². The van der Waals surface area contributed by atoms with Crippen LogP contribution in [0.1, 0.15) is 22.3 Å². The van der Waals surface area contributed by atoms with Crippen molar-refractivity contribution in [2.45, 2.75) is 12.8 Å². The summed E-state index contributed by atoms with van der Waals surface area (Å²) >= 11 is 0. The van der Waals surface area contributed by atoms with Crippen molar-refractivity contribution >= 4 is 17.5 Å². The van der Waals surface area contributed by atoms with Gasteiger partial charge >= 0.3 is 0 Å². The van der Waals surface area contributed by atoms with Gasteiger partial charge in [0.15, 0.2) is 0 Å². The zero-order chi connectivity index (χ0) is 17.2. The van der Waals surface area contributed by atoms with E-state index in [0.717, 1.165) is 5.56 Å². The van der Waals surface area contributed by atoms with Crippen LogP contribution in [0.4, 0.5) is 5.69 Å². The number of carbonyl (C=O) groups is 2. The van der Waals surface area contributed by atoms with Gasteiger partial charge in [0.25, 0.3) is 5.91 Å². The number of rotatable bonds is 8. The quantitative estimate of drug-likeness (QED) is 0.733. The highest BCUT2D eigenvalue weighted by Crippen LogP contribution is 2.15. The summed E-state index contributed by atoms with van der Waals surface area (Å²) in [5.74, 6) is -0.345. The number of hydrogen-bond donors (Lipinski definition) is 2. The highest BCUT2D eigenvalue weighted by molar-refractivity contribution is 6.03. The molecule has 0 aromatic heterocycles. The van der Waals surface area contributed by atoms with E-state index in [1.165, 1.54) is 0 Å². The van der Waals surface area contributed by atoms with Gasteiger partial charge in [0, 0.05) is 20.1 Å². The number of hydrogen-bond acceptors (Lipinski definition) is 3. The molecular formula is C19H22N2O3. The maximum absolute atomic E-state index is 12.2. The molecule has 5 heteroatoms. The van der Waals surface area contributed by atoms with Crippen molar-refractivity contribution in [2.24, 2.45) is 0 Å². The molecule has 24 heavy (non-hydrogen) atoms. The number of benzene rings is 2. The van der Waals surface area contributed by atoms with E-state index in [4.69, 9.17) is 4.74 Å². The molecule has 2 aromatic carbocycles. The molecule has 0 spiro atoms. The third-order valence-electron chi connectivity index (χ3n) is 3.52.